The fourth-order valence-electron chi connectivity index (χ4n) is 3.38. The molecule has 0 radical (unpaired) electrons. The van der Waals surface area contributed by atoms with Crippen molar-refractivity contribution in [3.63, 3.8) is 0 Å². The van der Waals surface area contributed by atoms with Crippen LogP contribution in [0.1, 0.15) is 36.5 Å². The van der Waals surface area contributed by atoms with E-state index in [0.29, 0.717) is 5.69 Å². The number of amides is 1. The third-order valence-corrected chi connectivity index (χ3v) is 6.76. The van der Waals surface area contributed by atoms with Crippen LogP contribution in [-0.2, 0) is 27.7 Å². The Balaban J connectivity index is 1.78. The van der Waals surface area contributed by atoms with Crippen LogP contribution in [0.2, 0.25) is 0 Å². The SMILES string of the molecule is CCCCc1ccc(NC(=O)[C@@H](Cc2ccccc2)NS(=O)(=O)c2ccc(C)cc2)cc1. The summed E-state index contributed by atoms with van der Waals surface area (Å²) in [4.78, 5) is 13.2. The summed E-state index contributed by atoms with van der Waals surface area (Å²) in [5.74, 6) is -0.397. The van der Waals surface area contributed by atoms with Crippen LogP contribution in [-0.4, -0.2) is 20.4 Å². The van der Waals surface area contributed by atoms with Crippen LogP contribution in [0.25, 0.3) is 0 Å². The first-order valence-electron chi connectivity index (χ1n) is 10.9. The molecule has 0 aliphatic carbocycles. The van der Waals surface area contributed by atoms with Crippen LogP contribution in [0.4, 0.5) is 5.69 Å². The van der Waals surface area contributed by atoms with E-state index in [0.717, 1.165) is 30.4 Å². The summed E-state index contributed by atoms with van der Waals surface area (Å²) in [7, 11) is -3.86. The molecule has 32 heavy (non-hydrogen) atoms. The second-order valence-corrected chi connectivity index (χ2v) is 9.68. The van der Waals surface area contributed by atoms with Crippen molar-refractivity contribution in [2.24, 2.45) is 0 Å². The van der Waals surface area contributed by atoms with Crippen LogP contribution >= 0.6 is 0 Å². The number of aryl methyl sites for hydroxylation is 2. The largest absolute Gasteiger partial charge is 0.325 e. The van der Waals surface area contributed by atoms with Crippen LogP contribution in [0.3, 0.4) is 0 Å². The number of anilines is 1. The molecule has 0 bridgehead atoms. The first-order chi connectivity index (χ1) is 15.4. The minimum Gasteiger partial charge on any atom is -0.325 e. The van der Waals surface area contributed by atoms with Gasteiger partial charge in [-0.15, -0.1) is 0 Å². The van der Waals surface area contributed by atoms with Gasteiger partial charge in [-0.3, -0.25) is 4.79 Å². The first-order valence-corrected chi connectivity index (χ1v) is 12.4. The molecule has 0 aromatic heterocycles. The Morgan fingerprint density at radius 2 is 1.53 bits per heavy atom. The topological polar surface area (TPSA) is 75.3 Å². The molecule has 0 fully saturated rings. The highest BCUT2D eigenvalue weighted by Crippen LogP contribution is 2.15. The highest BCUT2D eigenvalue weighted by atomic mass is 32.2. The lowest BCUT2D eigenvalue weighted by Crippen LogP contribution is -2.45. The number of carbonyl (C=O) groups is 1. The molecule has 2 N–H and O–H groups in total. The maximum Gasteiger partial charge on any atom is 0.242 e. The normalized spacial score (nSPS) is 12.3. The number of unbranched alkanes of at least 4 members (excludes halogenated alkanes) is 1. The third-order valence-electron chi connectivity index (χ3n) is 5.27. The average Bonchev–Trinajstić information content (AvgIpc) is 2.79. The first kappa shape index (κ1) is 23.7. The molecular formula is C26H30N2O3S. The zero-order valence-electron chi connectivity index (χ0n) is 18.5. The molecule has 168 valence electrons. The summed E-state index contributed by atoms with van der Waals surface area (Å²) in [5, 5.41) is 2.86. The molecule has 6 heteroatoms. The fraction of sp³-hybridized carbons (Fsp3) is 0.269. The van der Waals surface area contributed by atoms with Crippen LogP contribution < -0.4 is 10.0 Å². The van der Waals surface area contributed by atoms with E-state index in [9.17, 15) is 13.2 Å². The van der Waals surface area contributed by atoms with E-state index >= 15 is 0 Å². The van der Waals surface area contributed by atoms with Gasteiger partial charge < -0.3 is 5.32 Å². The van der Waals surface area contributed by atoms with Crippen molar-refractivity contribution in [2.45, 2.75) is 50.5 Å². The van der Waals surface area contributed by atoms with Gasteiger partial charge in [-0.2, -0.15) is 4.72 Å². The minimum absolute atomic E-state index is 0.134. The highest BCUT2D eigenvalue weighted by Gasteiger charge is 2.26. The highest BCUT2D eigenvalue weighted by molar-refractivity contribution is 7.89. The molecule has 3 rings (SSSR count). The van der Waals surface area contributed by atoms with E-state index in [1.54, 1.807) is 24.3 Å². The van der Waals surface area contributed by atoms with E-state index < -0.39 is 22.0 Å². The van der Waals surface area contributed by atoms with Crippen molar-refractivity contribution in [1.29, 1.82) is 0 Å². The van der Waals surface area contributed by atoms with Gasteiger partial charge in [0, 0.05) is 5.69 Å². The number of nitrogens with one attached hydrogen (secondary N) is 2. The predicted molar refractivity (Wildman–Crippen MR) is 129 cm³/mol. The van der Waals surface area contributed by atoms with Gasteiger partial charge in [0.15, 0.2) is 0 Å². The molecular weight excluding hydrogens is 420 g/mol. The van der Waals surface area contributed by atoms with Gasteiger partial charge in [0.1, 0.15) is 6.04 Å². The molecule has 1 atom stereocenters. The van der Waals surface area contributed by atoms with Crippen molar-refractivity contribution in [1.82, 2.24) is 4.72 Å². The maximum absolute atomic E-state index is 13.1. The standard InChI is InChI=1S/C26H30N2O3S/c1-3-4-8-21-13-15-23(16-14-21)27-26(29)25(19-22-9-6-5-7-10-22)28-32(30,31)24-17-11-20(2)12-18-24/h5-7,9-18,25,28H,3-4,8,19H2,1-2H3,(H,27,29)/t25-/m1/s1. The maximum atomic E-state index is 13.1. The quantitative estimate of drug-likeness (QED) is 0.463. The number of carbonyl (C=O) groups excluding carboxylic acids is 1. The lowest BCUT2D eigenvalue weighted by atomic mass is 10.1. The molecule has 0 aliphatic rings. The van der Waals surface area contributed by atoms with Gasteiger partial charge in [0.2, 0.25) is 15.9 Å². The summed E-state index contributed by atoms with van der Waals surface area (Å²) < 4.78 is 28.5. The van der Waals surface area contributed by atoms with Crippen molar-refractivity contribution in [3.05, 3.63) is 95.6 Å². The zero-order valence-corrected chi connectivity index (χ0v) is 19.4. The molecule has 0 saturated heterocycles. The van der Waals surface area contributed by atoms with E-state index in [2.05, 4.69) is 17.0 Å². The lowest BCUT2D eigenvalue weighted by Gasteiger charge is -2.19. The molecule has 1 amide bonds. The summed E-state index contributed by atoms with van der Waals surface area (Å²) in [6, 6.07) is 22.7. The summed E-state index contributed by atoms with van der Waals surface area (Å²) in [5.41, 5.74) is 3.69. The molecule has 0 spiro atoms. The molecule has 0 saturated carbocycles. The van der Waals surface area contributed by atoms with Gasteiger partial charge >= 0.3 is 0 Å². The molecule has 0 unspecified atom stereocenters. The number of benzene rings is 3. The van der Waals surface area contributed by atoms with Gasteiger partial charge in [-0.05, 0) is 61.6 Å². The Kier molecular flexibility index (Phi) is 8.20. The molecule has 3 aromatic rings. The van der Waals surface area contributed by atoms with Gasteiger partial charge in [-0.25, -0.2) is 8.42 Å². The van der Waals surface area contributed by atoms with Crippen molar-refractivity contribution >= 4 is 21.6 Å². The Morgan fingerprint density at radius 1 is 0.875 bits per heavy atom. The van der Waals surface area contributed by atoms with Gasteiger partial charge in [0.05, 0.1) is 4.90 Å². The number of sulfonamides is 1. The monoisotopic (exact) mass is 450 g/mol. The van der Waals surface area contributed by atoms with E-state index in [4.69, 9.17) is 0 Å². The van der Waals surface area contributed by atoms with Crippen LogP contribution in [0.5, 0.6) is 0 Å². The summed E-state index contributed by atoms with van der Waals surface area (Å²) in [6.45, 7) is 4.04. The van der Waals surface area contributed by atoms with E-state index in [-0.39, 0.29) is 11.3 Å². The Bertz CT molecular complexity index is 1110. The van der Waals surface area contributed by atoms with E-state index in [1.165, 1.54) is 5.56 Å². The second kappa shape index (κ2) is 11.1. The van der Waals surface area contributed by atoms with Gasteiger partial charge in [0.25, 0.3) is 0 Å². The Hall–Kier alpha value is -2.96. The predicted octanol–water partition coefficient (Wildman–Crippen LogP) is 4.87. The molecule has 0 aliphatic heterocycles. The number of hydrogen-bond donors (Lipinski definition) is 2. The fourth-order valence-corrected chi connectivity index (χ4v) is 4.57. The molecule has 0 heterocycles. The van der Waals surface area contributed by atoms with Crippen molar-refractivity contribution < 1.29 is 13.2 Å². The van der Waals surface area contributed by atoms with Crippen molar-refractivity contribution in [3.8, 4) is 0 Å². The third kappa shape index (κ3) is 6.77. The van der Waals surface area contributed by atoms with Crippen LogP contribution in [0.15, 0.2) is 83.8 Å². The smallest absolute Gasteiger partial charge is 0.242 e. The summed E-state index contributed by atoms with van der Waals surface area (Å²) in [6.07, 6.45) is 3.48. The Labute approximate surface area is 190 Å². The summed E-state index contributed by atoms with van der Waals surface area (Å²) >= 11 is 0. The lowest BCUT2D eigenvalue weighted by molar-refractivity contribution is -0.117. The van der Waals surface area contributed by atoms with Gasteiger partial charge in [-0.1, -0.05) is 73.5 Å². The van der Waals surface area contributed by atoms with Crippen LogP contribution in [0, 0.1) is 6.92 Å². The molecule has 5 nitrogen and oxygen atoms in total. The zero-order chi connectivity index (χ0) is 23.0. The number of hydrogen-bond acceptors (Lipinski definition) is 3. The minimum atomic E-state index is -3.86. The second-order valence-electron chi connectivity index (χ2n) is 7.97. The molecule has 3 aromatic carbocycles. The Morgan fingerprint density at radius 3 is 2.16 bits per heavy atom. The van der Waals surface area contributed by atoms with E-state index in [1.807, 2.05) is 61.5 Å². The number of rotatable bonds is 10. The average molecular weight is 451 g/mol. The van der Waals surface area contributed by atoms with Crippen molar-refractivity contribution in [2.75, 3.05) is 5.32 Å².